The molecule has 4 aromatic rings. The van der Waals surface area contributed by atoms with Crippen LogP contribution < -0.4 is 29.6 Å². The second-order valence-corrected chi connectivity index (χ2v) is 9.58. The van der Waals surface area contributed by atoms with E-state index in [9.17, 15) is 9.35 Å². The van der Waals surface area contributed by atoms with Crippen LogP contribution in [0.15, 0.2) is 95.9 Å². The number of ether oxygens (including phenoxy) is 3. The number of carbonyl (C=O) groups excluding carboxylic acids is 1. The maximum atomic E-state index is 13.4. The average Bonchev–Trinajstić information content (AvgIpc) is 2.99. The van der Waals surface area contributed by atoms with Gasteiger partial charge in [0.15, 0.2) is 5.75 Å². The van der Waals surface area contributed by atoms with E-state index in [0.717, 1.165) is 22.6 Å². The zero-order chi connectivity index (χ0) is 27.6. The summed E-state index contributed by atoms with van der Waals surface area (Å²) in [5, 5.41) is 6.16. The lowest BCUT2D eigenvalue weighted by molar-refractivity contribution is 0.0952. The van der Waals surface area contributed by atoms with Crippen LogP contribution in [0.1, 0.15) is 10.4 Å². The molecule has 0 saturated heterocycles. The molecule has 1 atom stereocenters. The molecule has 4 aromatic carbocycles. The third-order valence-electron chi connectivity index (χ3n) is 5.95. The van der Waals surface area contributed by atoms with Gasteiger partial charge < -0.3 is 29.4 Å². The number of anilines is 2. The average molecular weight is 546 g/mol. The zero-order valence-corrected chi connectivity index (χ0v) is 22.8. The molecule has 0 radical (unpaired) electrons. The zero-order valence-electron chi connectivity index (χ0n) is 22.0. The number of carbonyl (C=O) groups is 1. The second kappa shape index (κ2) is 13.5. The van der Waals surface area contributed by atoms with Crippen molar-refractivity contribution < 1.29 is 23.6 Å². The minimum Gasteiger partial charge on any atom is -0.588 e. The minimum absolute atomic E-state index is 0.204. The van der Waals surface area contributed by atoms with Crippen molar-refractivity contribution in [3.05, 3.63) is 96.6 Å². The molecule has 1 amide bonds. The summed E-state index contributed by atoms with van der Waals surface area (Å²) in [6, 6.07) is 27.8. The standard InChI is InChI=1S/C30H31N3O5S/c1-36-26-13-6-4-11-24(26)21-15-16-28(38-3)29(19-21)39(35)33-23-10-8-9-22(20-23)31-17-18-32-30(34)25-12-5-7-14-27(25)37-2/h4-16,19-20,31,33H,17-18H2,1-3H3,(H,32,34). The number of methoxy groups -OCH3 is 3. The van der Waals surface area contributed by atoms with Crippen molar-refractivity contribution in [3.8, 4) is 28.4 Å². The van der Waals surface area contributed by atoms with Gasteiger partial charge in [0.05, 0.1) is 32.6 Å². The molecule has 4 rings (SSSR count). The molecule has 9 heteroatoms. The second-order valence-electron chi connectivity index (χ2n) is 8.40. The van der Waals surface area contributed by atoms with Crippen molar-refractivity contribution in [2.24, 2.45) is 0 Å². The monoisotopic (exact) mass is 545 g/mol. The normalized spacial score (nSPS) is 11.3. The van der Waals surface area contributed by atoms with Gasteiger partial charge in [-0.3, -0.25) is 4.79 Å². The predicted molar refractivity (Wildman–Crippen MR) is 155 cm³/mol. The van der Waals surface area contributed by atoms with E-state index in [4.69, 9.17) is 14.2 Å². The van der Waals surface area contributed by atoms with E-state index < -0.39 is 11.4 Å². The largest absolute Gasteiger partial charge is 0.588 e. The quantitative estimate of drug-likeness (QED) is 0.163. The Bertz CT molecular complexity index is 1410. The number of benzene rings is 4. The summed E-state index contributed by atoms with van der Waals surface area (Å²) >= 11 is -1.60. The lowest BCUT2D eigenvalue weighted by Gasteiger charge is -2.16. The maximum absolute atomic E-state index is 13.4. The van der Waals surface area contributed by atoms with Gasteiger partial charge in [0, 0.05) is 30.4 Å². The molecule has 0 aliphatic carbocycles. The highest BCUT2D eigenvalue weighted by Gasteiger charge is 2.21. The van der Waals surface area contributed by atoms with E-state index in [1.54, 1.807) is 38.5 Å². The van der Waals surface area contributed by atoms with E-state index in [0.29, 0.717) is 40.7 Å². The number of hydrogen-bond donors (Lipinski definition) is 3. The molecule has 0 saturated carbocycles. The van der Waals surface area contributed by atoms with Crippen molar-refractivity contribution in [1.29, 1.82) is 0 Å². The van der Waals surface area contributed by atoms with E-state index in [1.165, 1.54) is 7.11 Å². The smallest absolute Gasteiger partial charge is 0.255 e. The molecule has 0 aliphatic rings. The summed E-state index contributed by atoms with van der Waals surface area (Å²) in [6.45, 7) is 0.912. The van der Waals surface area contributed by atoms with Crippen LogP contribution in [-0.2, 0) is 11.4 Å². The Kier molecular flexibility index (Phi) is 9.55. The van der Waals surface area contributed by atoms with Gasteiger partial charge in [-0.1, -0.05) is 42.5 Å². The van der Waals surface area contributed by atoms with Crippen LogP contribution >= 0.6 is 0 Å². The summed E-state index contributed by atoms with van der Waals surface area (Å²) in [7, 11) is 4.71. The summed E-state index contributed by atoms with van der Waals surface area (Å²) < 4.78 is 32.7. The highest BCUT2D eigenvalue weighted by Crippen LogP contribution is 2.35. The number of rotatable bonds is 12. The molecule has 1 unspecified atom stereocenters. The van der Waals surface area contributed by atoms with Crippen LogP contribution in [0.4, 0.5) is 11.4 Å². The Morgan fingerprint density at radius 2 is 1.44 bits per heavy atom. The molecular formula is C30H31N3O5S. The van der Waals surface area contributed by atoms with Crippen molar-refractivity contribution in [1.82, 2.24) is 5.32 Å². The predicted octanol–water partition coefficient (Wildman–Crippen LogP) is 5.36. The number of nitrogens with one attached hydrogen (secondary N) is 3. The fraction of sp³-hybridized carbons (Fsp3) is 0.167. The fourth-order valence-corrected chi connectivity index (χ4v) is 5.06. The molecule has 0 fully saturated rings. The van der Waals surface area contributed by atoms with Crippen molar-refractivity contribution >= 4 is 28.6 Å². The first kappa shape index (κ1) is 27.7. The van der Waals surface area contributed by atoms with Gasteiger partial charge in [0.1, 0.15) is 22.9 Å². The number of para-hydroxylation sites is 2. The number of amides is 1. The molecule has 3 N–H and O–H groups in total. The lowest BCUT2D eigenvalue weighted by Crippen LogP contribution is -2.29. The SMILES string of the molecule is COc1ccccc1C(=O)NCCNc1cccc(N[S+]([O-])c2cc(-c3ccccc3OC)ccc2OC)c1. The van der Waals surface area contributed by atoms with Gasteiger partial charge in [-0.05, 0) is 48.0 Å². The van der Waals surface area contributed by atoms with Crippen LogP contribution in [0, 0.1) is 0 Å². The third-order valence-corrected chi connectivity index (χ3v) is 7.09. The molecule has 39 heavy (non-hydrogen) atoms. The first-order valence-electron chi connectivity index (χ1n) is 12.3. The molecule has 0 spiro atoms. The van der Waals surface area contributed by atoms with E-state index in [1.807, 2.05) is 66.7 Å². The summed E-state index contributed by atoms with van der Waals surface area (Å²) in [5.74, 6) is 1.56. The molecule has 202 valence electrons. The van der Waals surface area contributed by atoms with E-state index in [2.05, 4.69) is 15.4 Å². The first-order chi connectivity index (χ1) is 19.0. The molecule has 0 bridgehead atoms. The maximum Gasteiger partial charge on any atom is 0.255 e. The van der Waals surface area contributed by atoms with Gasteiger partial charge in [-0.15, -0.1) is 0 Å². The van der Waals surface area contributed by atoms with Gasteiger partial charge in [-0.25, -0.2) is 4.72 Å². The van der Waals surface area contributed by atoms with Gasteiger partial charge >= 0.3 is 0 Å². The van der Waals surface area contributed by atoms with E-state index >= 15 is 0 Å². The van der Waals surface area contributed by atoms with Crippen molar-refractivity contribution in [3.63, 3.8) is 0 Å². The Balaban J connectivity index is 1.39. The van der Waals surface area contributed by atoms with Gasteiger partial charge in [0.25, 0.3) is 5.91 Å². The Morgan fingerprint density at radius 3 is 2.21 bits per heavy atom. The van der Waals surface area contributed by atoms with Crippen LogP contribution in [0.3, 0.4) is 0 Å². The molecule has 0 aromatic heterocycles. The lowest BCUT2D eigenvalue weighted by atomic mass is 10.0. The van der Waals surface area contributed by atoms with Crippen LogP contribution in [0.2, 0.25) is 0 Å². The van der Waals surface area contributed by atoms with Crippen LogP contribution in [-0.4, -0.2) is 44.9 Å². The Labute approximate surface area is 231 Å². The number of hydrogen-bond acceptors (Lipinski definition) is 7. The van der Waals surface area contributed by atoms with Crippen LogP contribution in [0.25, 0.3) is 11.1 Å². The van der Waals surface area contributed by atoms with E-state index in [-0.39, 0.29) is 5.91 Å². The van der Waals surface area contributed by atoms with Crippen molar-refractivity contribution in [2.45, 2.75) is 4.90 Å². The minimum atomic E-state index is -1.60. The van der Waals surface area contributed by atoms with Crippen molar-refractivity contribution in [2.75, 3.05) is 44.5 Å². The highest BCUT2D eigenvalue weighted by molar-refractivity contribution is 7.92. The summed E-state index contributed by atoms with van der Waals surface area (Å²) in [5.41, 5.74) is 3.73. The topological polar surface area (TPSA) is 104 Å². The van der Waals surface area contributed by atoms with Gasteiger partial charge in [-0.2, -0.15) is 0 Å². The highest BCUT2D eigenvalue weighted by atomic mass is 32.2. The Hall–Kier alpha value is -4.34. The Morgan fingerprint density at radius 1 is 0.744 bits per heavy atom. The molecule has 0 heterocycles. The summed E-state index contributed by atoms with van der Waals surface area (Å²) in [4.78, 5) is 13.0. The molecule has 8 nitrogen and oxygen atoms in total. The summed E-state index contributed by atoms with van der Waals surface area (Å²) in [6.07, 6.45) is 0. The molecular weight excluding hydrogens is 514 g/mol. The third kappa shape index (κ3) is 6.95. The first-order valence-corrected chi connectivity index (χ1v) is 13.4. The molecule has 0 aliphatic heterocycles. The van der Waals surface area contributed by atoms with Gasteiger partial charge in [0.2, 0.25) is 4.90 Å². The fourth-order valence-electron chi connectivity index (χ4n) is 4.04. The van der Waals surface area contributed by atoms with Crippen LogP contribution in [0.5, 0.6) is 17.2 Å².